The van der Waals surface area contributed by atoms with Crippen LogP contribution in [0.3, 0.4) is 0 Å². The van der Waals surface area contributed by atoms with E-state index in [4.69, 9.17) is 0 Å². The molecule has 0 saturated carbocycles. The monoisotopic (exact) mass is 208 g/mol. The Morgan fingerprint density at radius 1 is 0.938 bits per heavy atom. The minimum absolute atomic E-state index is 0.824. The van der Waals surface area contributed by atoms with E-state index in [1.54, 1.807) is 0 Å². The molecule has 16 heavy (non-hydrogen) atoms. The lowest BCUT2D eigenvalue weighted by Gasteiger charge is -1.90. The standard InChI is InChI=1S/C14H12N2/c1-2-5-9-13(8-4-1)15-12-16-14-10-6-3-7-11-14/h1-8,10-11H,9H2. The minimum atomic E-state index is 0.824. The van der Waals surface area contributed by atoms with Gasteiger partial charge in [0.05, 0.1) is 11.4 Å². The van der Waals surface area contributed by atoms with Gasteiger partial charge >= 0.3 is 0 Å². The summed E-state index contributed by atoms with van der Waals surface area (Å²) in [4.78, 5) is 8.31. The van der Waals surface area contributed by atoms with E-state index >= 15 is 0 Å². The van der Waals surface area contributed by atoms with E-state index in [9.17, 15) is 0 Å². The maximum Gasteiger partial charge on any atom is 0.100 e. The molecule has 0 N–H and O–H groups in total. The SMILES string of the molecule is C(=NC1=CC=CC=CC1)=Nc1ccccc1. The van der Waals surface area contributed by atoms with Crippen molar-refractivity contribution in [3.05, 3.63) is 66.4 Å². The number of aliphatic imine (C=N–C) groups is 2. The van der Waals surface area contributed by atoms with Crippen LogP contribution >= 0.6 is 0 Å². The number of hydrogen-bond acceptors (Lipinski definition) is 2. The molecule has 0 unspecified atom stereocenters. The Labute approximate surface area is 95.1 Å². The second-order valence-corrected chi connectivity index (χ2v) is 3.33. The third-order valence-corrected chi connectivity index (χ3v) is 2.10. The van der Waals surface area contributed by atoms with Crippen LogP contribution in [0, 0.1) is 0 Å². The van der Waals surface area contributed by atoms with Crippen molar-refractivity contribution < 1.29 is 0 Å². The highest BCUT2D eigenvalue weighted by Crippen LogP contribution is 2.09. The van der Waals surface area contributed by atoms with Gasteiger partial charge in [-0.3, -0.25) is 0 Å². The van der Waals surface area contributed by atoms with Crippen molar-refractivity contribution in [1.82, 2.24) is 0 Å². The van der Waals surface area contributed by atoms with E-state index in [1.165, 1.54) is 0 Å². The van der Waals surface area contributed by atoms with Crippen LogP contribution in [0.5, 0.6) is 0 Å². The lowest BCUT2D eigenvalue weighted by atomic mass is 10.3. The Morgan fingerprint density at radius 2 is 1.81 bits per heavy atom. The molecule has 0 fully saturated rings. The molecule has 78 valence electrons. The van der Waals surface area contributed by atoms with Crippen molar-refractivity contribution in [3.63, 3.8) is 0 Å². The molecule has 1 aliphatic carbocycles. The fourth-order valence-electron chi connectivity index (χ4n) is 1.30. The second-order valence-electron chi connectivity index (χ2n) is 3.33. The van der Waals surface area contributed by atoms with Gasteiger partial charge in [0, 0.05) is 6.42 Å². The maximum absolute atomic E-state index is 4.18. The summed E-state index contributed by atoms with van der Waals surface area (Å²) >= 11 is 0. The summed E-state index contributed by atoms with van der Waals surface area (Å²) in [5, 5.41) is 0. The number of allylic oxidation sites excluding steroid dienone is 5. The zero-order chi connectivity index (χ0) is 11.1. The quantitative estimate of drug-likeness (QED) is 0.659. The van der Waals surface area contributed by atoms with Gasteiger partial charge in [-0.1, -0.05) is 42.5 Å². The van der Waals surface area contributed by atoms with Crippen molar-refractivity contribution in [1.29, 1.82) is 0 Å². The zero-order valence-electron chi connectivity index (χ0n) is 8.88. The average molecular weight is 208 g/mol. The van der Waals surface area contributed by atoms with Crippen LogP contribution in [0.25, 0.3) is 0 Å². The predicted molar refractivity (Wildman–Crippen MR) is 66.9 cm³/mol. The van der Waals surface area contributed by atoms with Gasteiger partial charge in [-0.05, 0) is 18.2 Å². The normalized spacial score (nSPS) is 13.6. The molecule has 1 aromatic rings. The molecule has 0 bridgehead atoms. The van der Waals surface area contributed by atoms with Gasteiger partial charge in [-0.2, -0.15) is 9.98 Å². The number of hydrogen-bond donors (Lipinski definition) is 0. The first kappa shape index (κ1) is 10.3. The van der Waals surface area contributed by atoms with Crippen molar-refractivity contribution in [2.45, 2.75) is 6.42 Å². The first-order valence-electron chi connectivity index (χ1n) is 5.19. The van der Waals surface area contributed by atoms with Crippen molar-refractivity contribution in [3.8, 4) is 0 Å². The van der Waals surface area contributed by atoms with Crippen molar-refractivity contribution in [2.75, 3.05) is 0 Å². The van der Waals surface area contributed by atoms with E-state index in [2.05, 4.69) is 22.1 Å². The van der Waals surface area contributed by atoms with Crippen LogP contribution in [0.4, 0.5) is 5.69 Å². The molecule has 0 atom stereocenters. The van der Waals surface area contributed by atoms with Gasteiger partial charge in [-0.15, -0.1) is 0 Å². The number of rotatable bonds is 2. The molecule has 0 aliphatic heterocycles. The molecule has 2 nitrogen and oxygen atoms in total. The molecule has 1 aliphatic rings. The second kappa shape index (κ2) is 5.64. The Kier molecular flexibility index (Phi) is 3.65. The third-order valence-electron chi connectivity index (χ3n) is 2.10. The van der Waals surface area contributed by atoms with E-state index < -0.39 is 0 Å². The van der Waals surface area contributed by atoms with Gasteiger partial charge in [0.15, 0.2) is 0 Å². The van der Waals surface area contributed by atoms with E-state index in [0.29, 0.717) is 0 Å². The number of benzene rings is 1. The van der Waals surface area contributed by atoms with Gasteiger partial charge < -0.3 is 0 Å². The molecule has 0 aromatic heterocycles. The summed E-state index contributed by atoms with van der Waals surface area (Å²) in [6, 6.07) is 12.4. The summed E-state index contributed by atoms with van der Waals surface area (Å²) < 4.78 is 0. The maximum atomic E-state index is 4.18. The highest BCUT2D eigenvalue weighted by atomic mass is 14.8. The summed E-state index contributed by atoms with van der Waals surface area (Å²) in [6.45, 7) is 0. The number of nitrogens with zero attached hydrogens (tertiary/aromatic N) is 2. The highest BCUT2D eigenvalue weighted by Gasteiger charge is 1.90. The van der Waals surface area contributed by atoms with Crippen LogP contribution in [0.1, 0.15) is 6.42 Å². The van der Waals surface area contributed by atoms with E-state index in [1.807, 2.05) is 54.6 Å². The fraction of sp³-hybridized carbons (Fsp3) is 0.0714. The van der Waals surface area contributed by atoms with Gasteiger partial charge in [0.1, 0.15) is 6.01 Å². The smallest absolute Gasteiger partial charge is 0.100 e. The molecular weight excluding hydrogens is 196 g/mol. The largest absolute Gasteiger partial charge is 0.192 e. The van der Waals surface area contributed by atoms with Crippen LogP contribution in [0.15, 0.2) is 76.4 Å². The summed E-state index contributed by atoms with van der Waals surface area (Å²) in [5.74, 6) is 0. The topological polar surface area (TPSA) is 24.7 Å². The Morgan fingerprint density at radius 3 is 2.69 bits per heavy atom. The van der Waals surface area contributed by atoms with Gasteiger partial charge in [-0.25, -0.2) is 0 Å². The lowest BCUT2D eigenvalue weighted by molar-refractivity contribution is 1.17. The zero-order valence-corrected chi connectivity index (χ0v) is 8.88. The number of para-hydroxylation sites is 1. The Hall–Kier alpha value is -2.18. The molecule has 1 aromatic carbocycles. The minimum Gasteiger partial charge on any atom is -0.192 e. The molecule has 2 heteroatoms. The first-order valence-corrected chi connectivity index (χ1v) is 5.19. The van der Waals surface area contributed by atoms with E-state index in [0.717, 1.165) is 17.8 Å². The van der Waals surface area contributed by atoms with E-state index in [-0.39, 0.29) is 0 Å². The molecule has 0 amide bonds. The molecule has 0 heterocycles. The van der Waals surface area contributed by atoms with Crippen LogP contribution < -0.4 is 0 Å². The first-order chi connectivity index (χ1) is 7.95. The molecule has 0 radical (unpaired) electrons. The van der Waals surface area contributed by atoms with Crippen LogP contribution in [-0.4, -0.2) is 6.01 Å². The Balaban J connectivity index is 2.09. The summed E-state index contributed by atoms with van der Waals surface area (Å²) in [6.07, 6.45) is 10.8. The van der Waals surface area contributed by atoms with Crippen molar-refractivity contribution >= 4 is 11.7 Å². The molecule has 0 saturated heterocycles. The third kappa shape index (κ3) is 3.19. The molecule has 0 spiro atoms. The fourth-order valence-corrected chi connectivity index (χ4v) is 1.30. The average Bonchev–Trinajstić information content (AvgIpc) is 2.59. The van der Waals surface area contributed by atoms with Gasteiger partial charge in [0.2, 0.25) is 0 Å². The van der Waals surface area contributed by atoms with Gasteiger partial charge in [0.25, 0.3) is 0 Å². The summed E-state index contributed by atoms with van der Waals surface area (Å²) in [7, 11) is 0. The Bertz CT molecular complexity index is 487. The van der Waals surface area contributed by atoms with Crippen LogP contribution in [0.2, 0.25) is 0 Å². The van der Waals surface area contributed by atoms with Crippen LogP contribution in [-0.2, 0) is 0 Å². The molecule has 2 rings (SSSR count). The predicted octanol–water partition coefficient (Wildman–Crippen LogP) is 3.89. The highest BCUT2D eigenvalue weighted by molar-refractivity contribution is 5.53. The van der Waals surface area contributed by atoms with Crippen molar-refractivity contribution in [2.24, 2.45) is 9.98 Å². The summed E-state index contributed by atoms with van der Waals surface area (Å²) in [5.41, 5.74) is 1.83. The lowest BCUT2D eigenvalue weighted by Crippen LogP contribution is -1.73. The molecular formula is C14H12N2.